The zero-order valence-electron chi connectivity index (χ0n) is 15.4. The molecule has 0 radical (unpaired) electrons. The minimum Gasteiger partial charge on any atom is -0.342 e. The molecule has 0 bridgehead atoms. The van der Waals surface area contributed by atoms with E-state index in [9.17, 15) is 9.59 Å². The summed E-state index contributed by atoms with van der Waals surface area (Å²) in [7, 11) is 0. The number of anilines is 1. The van der Waals surface area contributed by atoms with E-state index in [4.69, 9.17) is 17.3 Å². The second kappa shape index (κ2) is 14.0. The van der Waals surface area contributed by atoms with Gasteiger partial charge in [0.15, 0.2) is 0 Å². The highest BCUT2D eigenvalue weighted by molar-refractivity contribution is 6.30. The summed E-state index contributed by atoms with van der Waals surface area (Å²) in [5, 5.41) is 3.33. The van der Waals surface area contributed by atoms with Gasteiger partial charge in [-0.25, -0.2) is 4.98 Å². The van der Waals surface area contributed by atoms with Crippen molar-refractivity contribution >= 4 is 54.0 Å². The first kappa shape index (κ1) is 25.9. The maximum Gasteiger partial charge on any atom is 0.230 e. The van der Waals surface area contributed by atoms with Gasteiger partial charge < -0.3 is 16.0 Å². The zero-order chi connectivity index (χ0) is 18.1. The molecule has 0 spiro atoms. The summed E-state index contributed by atoms with van der Waals surface area (Å²) in [6.45, 7) is 1.94. The Balaban J connectivity index is 0.00000338. The molecule has 9 heteroatoms. The molecule has 1 aromatic heterocycles. The van der Waals surface area contributed by atoms with Crippen LogP contribution < -0.4 is 11.1 Å². The van der Waals surface area contributed by atoms with Crippen LogP contribution in [0.3, 0.4) is 0 Å². The molecule has 1 aliphatic heterocycles. The molecule has 2 rings (SSSR count). The Morgan fingerprint density at radius 1 is 1.22 bits per heavy atom. The predicted octanol–water partition coefficient (Wildman–Crippen LogP) is 3.66. The molecule has 2 heterocycles. The van der Waals surface area contributed by atoms with Gasteiger partial charge >= 0.3 is 0 Å². The van der Waals surface area contributed by atoms with Crippen LogP contribution in [0.4, 0.5) is 5.82 Å². The van der Waals surface area contributed by atoms with Gasteiger partial charge in [-0.3, -0.25) is 9.59 Å². The Kier molecular flexibility index (Phi) is 13.4. The first-order valence-corrected chi connectivity index (χ1v) is 9.38. The zero-order valence-corrected chi connectivity index (χ0v) is 17.8. The number of nitrogens with two attached hydrogens (primary N) is 1. The molecule has 0 aromatic carbocycles. The van der Waals surface area contributed by atoms with Crippen LogP contribution in [0.1, 0.15) is 44.9 Å². The van der Waals surface area contributed by atoms with Gasteiger partial charge in [-0.1, -0.05) is 24.4 Å². The molecule has 1 saturated heterocycles. The van der Waals surface area contributed by atoms with Gasteiger partial charge in [0, 0.05) is 25.7 Å². The third-order valence-corrected chi connectivity index (χ3v) is 4.69. The van der Waals surface area contributed by atoms with Gasteiger partial charge in [-0.15, -0.1) is 24.8 Å². The minimum absolute atomic E-state index is 0. The first-order chi connectivity index (χ1) is 12.1. The second-order valence-corrected chi connectivity index (χ2v) is 6.92. The number of carbonyl (C=O) groups excluding carboxylic acids is 2. The number of unbranched alkanes of at least 4 members (excludes halogenated alkanes) is 3. The molecule has 0 aliphatic carbocycles. The average molecular weight is 440 g/mol. The Morgan fingerprint density at radius 3 is 2.63 bits per heavy atom. The molecule has 1 fully saturated rings. The van der Waals surface area contributed by atoms with Crippen molar-refractivity contribution in [2.45, 2.75) is 44.9 Å². The van der Waals surface area contributed by atoms with Crippen molar-refractivity contribution in [1.82, 2.24) is 9.88 Å². The van der Waals surface area contributed by atoms with Crippen LogP contribution in [-0.4, -0.2) is 41.3 Å². The number of hydrogen-bond donors (Lipinski definition) is 2. The standard InChI is InChI=1S/C18H27ClN4O2.2ClH/c19-15-8-9-16(21-12-15)22-18(25)14-6-5-11-23(13-14)17(24)7-3-1-2-4-10-20;;/h8-9,12,14H,1-7,10-11,13,20H2,(H,21,22,25);2*1H. The Bertz CT molecular complexity index is 572. The van der Waals surface area contributed by atoms with Crippen LogP contribution in [0, 0.1) is 5.92 Å². The summed E-state index contributed by atoms with van der Waals surface area (Å²) in [6.07, 6.45) is 7.70. The van der Waals surface area contributed by atoms with E-state index >= 15 is 0 Å². The second-order valence-electron chi connectivity index (χ2n) is 6.48. The third-order valence-electron chi connectivity index (χ3n) is 4.47. The molecule has 27 heavy (non-hydrogen) atoms. The largest absolute Gasteiger partial charge is 0.342 e. The van der Waals surface area contributed by atoms with Gasteiger partial charge in [-0.05, 0) is 44.4 Å². The number of amides is 2. The fourth-order valence-corrected chi connectivity index (χ4v) is 3.14. The number of piperidine rings is 1. The van der Waals surface area contributed by atoms with Crippen LogP contribution in [0.2, 0.25) is 5.02 Å². The van der Waals surface area contributed by atoms with Gasteiger partial charge in [0.2, 0.25) is 11.8 Å². The molecule has 1 atom stereocenters. The summed E-state index contributed by atoms with van der Waals surface area (Å²) in [4.78, 5) is 30.7. The average Bonchev–Trinajstić information content (AvgIpc) is 2.63. The fraction of sp³-hybridized carbons (Fsp3) is 0.611. The molecule has 1 aliphatic rings. The van der Waals surface area contributed by atoms with Crippen LogP contribution in [0.25, 0.3) is 0 Å². The van der Waals surface area contributed by atoms with Gasteiger partial charge in [0.25, 0.3) is 0 Å². The van der Waals surface area contributed by atoms with E-state index < -0.39 is 0 Å². The van der Waals surface area contributed by atoms with Gasteiger partial charge in [-0.2, -0.15) is 0 Å². The number of carbonyl (C=O) groups is 2. The van der Waals surface area contributed by atoms with Crippen LogP contribution in [-0.2, 0) is 9.59 Å². The highest BCUT2D eigenvalue weighted by atomic mass is 35.5. The molecule has 6 nitrogen and oxygen atoms in total. The number of hydrogen-bond acceptors (Lipinski definition) is 4. The normalized spacial score (nSPS) is 16.1. The molecule has 1 unspecified atom stereocenters. The SMILES string of the molecule is Cl.Cl.NCCCCCCC(=O)N1CCCC(C(=O)Nc2ccc(Cl)cn2)C1. The van der Waals surface area contributed by atoms with Crippen molar-refractivity contribution in [2.24, 2.45) is 11.7 Å². The lowest BCUT2D eigenvalue weighted by atomic mass is 9.96. The number of aromatic nitrogens is 1. The monoisotopic (exact) mass is 438 g/mol. The summed E-state index contributed by atoms with van der Waals surface area (Å²) < 4.78 is 0. The minimum atomic E-state index is -0.188. The maximum atomic E-state index is 12.4. The quantitative estimate of drug-likeness (QED) is 0.605. The summed E-state index contributed by atoms with van der Waals surface area (Å²) in [5.74, 6) is 0.357. The highest BCUT2D eigenvalue weighted by Crippen LogP contribution is 2.20. The molecule has 3 N–H and O–H groups in total. The van der Waals surface area contributed by atoms with Crippen molar-refractivity contribution in [3.8, 4) is 0 Å². The smallest absolute Gasteiger partial charge is 0.230 e. The predicted molar refractivity (Wildman–Crippen MR) is 114 cm³/mol. The lowest BCUT2D eigenvalue weighted by molar-refractivity contribution is -0.134. The maximum absolute atomic E-state index is 12.4. The van der Waals surface area contributed by atoms with Crippen molar-refractivity contribution in [3.05, 3.63) is 23.4 Å². The summed E-state index contributed by atoms with van der Waals surface area (Å²) in [6, 6.07) is 3.36. The van der Waals surface area contributed by atoms with E-state index in [2.05, 4.69) is 10.3 Å². The summed E-state index contributed by atoms with van der Waals surface area (Å²) in [5.41, 5.74) is 5.47. The lowest BCUT2D eigenvalue weighted by Crippen LogP contribution is -2.43. The van der Waals surface area contributed by atoms with Crippen LogP contribution in [0.5, 0.6) is 0 Å². The number of pyridine rings is 1. The van der Waals surface area contributed by atoms with Crippen molar-refractivity contribution in [3.63, 3.8) is 0 Å². The molecule has 1 aromatic rings. The molecular weight excluding hydrogens is 411 g/mol. The number of nitrogens with zero attached hydrogens (tertiary/aromatic N) is 2. The molecule has 154 valence electrons. The van der Waals surface area contributed by atoms with Crippen molar-refractivity contribution in [2.75, 3.05) is 25.0 Å². The van der Waals surface area contributed by atoms with Crippen molar-refractivity contribution < 1.29 is 9.59 Å². The Morgan fingerprint density at radius 2 is 1.96 bits per heavy atom. The number of likely N-dealkylation sites (tertiary alicyclic amines) is 1. The van der Waals surface area contributed by atoms with E-state index in [1.807, 2.05) is 4.90 Å². The summed E-state index contributed by atoms with van der Waals surface area (Å²) >= 11 is 5.79. The van der Waals surface area contributed by atoms with E-state index in [0.717, 1.165) is 45.1 Å². The van der Waals surface area contributed by atoms with Crippen molar-refractivity contribution in [1.29, 1.82) is 0 Å². The topological polar surface area (TPSA) is 88.3 Å². The number of halogens is 3. The number of nitrogens with one attached hydrogen (secondary N) is 1. The fourth-order valence-electron chi connectivity index (χ4n) is 3.03. The van der Waals surface area contributed by atoms with E-state index in [0.29, 0.717) is 30.4 Å². The number of rotatable bonds is 8. The Labute approximate surface area is 178 Å². The lowest BCUT2D eigenvalue weighted by Gasteiger charge is -2.32. The molecular formula is C18H29Cl3N4O2. The van der Waals surface area contributed by atoms with E-state index in [1.165, 1.54) is 6.20 Å². The molecule has 0 saturated carbocycles. The highest BCUT2D eigenvalue weighted by Gasteiger charge is 2.28. The van der Waals surface area contributed by atoms with Gasteiger partial charge in [0.05, 0.1) is 10.9 Å². The first-order valence-electron chi connectivity index (χ1n) is 9.00. The van der Waals surface area contributed by atoms with E-state index in [1.54, 1.807) is 12.1 Å². The third kappa shape index (κ3) is 9.10. The Hall–Kier alpha value is -1.08. The molecule has 2 amide bonds. The van der Waals surface area contributed by atoms with Crippen LogP contribution in [0.15, 0.2) is 18.3 Å². The van der Waals surface area contributed by atoms with Crippen LogP contribution >= 0.6 is 36.4 Å². The van der Waals surface area contributed by atoms with Gasteiger partial charge in [0.1, 0.15) is 5.82 Å². The van der Waals surface area contributed by atoms with E-state index in [-0.39, 0.29) is 42.5 Å².